The van der Waals surface area contributed by atoms with Gasteiger partial charge in [-0.3, -0.25) is 14.6 Å². The van der Waals surface area contributed by atoms with Crippen LogP contribution in [0.4, 0.5) is 0 Å². The molecule has 5 heteroatoms. The minimum atomic E-state index is -0.180. The predicted octanol–water partition coefficient (Wildman–Crippen LogP) is 4.38. The van der Waals surface area contributed by atoms with E-state index in [0.29, 0.717) is 17.7 Å². The van der Waals surface area contributed by atoms with Crippen LogP contribution < -0.4 is 5.56 Å². The van der Waals surface area contributed by atoms with Gasteiger partial charge in [0.25, 0.3) is 11.5 Å². The molecule has 0 aliphatic carbocycles. The molecule has 2 aromatic heterocycles. The fourth-order valence-electron chi connectivity index (χ4n) is 3.47. The van der Waals surface area contributed by atoms with E-state index in [4.69, 9.17) is 0 Å². The van der Waals surface area contributed by atoms with E-state index in [0.717, 1.165) is 27.6 Å². The highest BCUT2D eigenvalue weighted by atomic mass is 16.2. The molecule has 4 rings (SSSR count). The van der Waals surface area contributed by atoms with Crippen LogP contribution in [0, 0.1) is 13.8 Å². The van der Waals surface area contributed by atoms with Crippen LogP contribution in [-0.4, -0.2) is 20.8 Å². The molecule has 4 aromatic rings. The summed E-state index contributed by atoms with van der Waals surface area (Å²) in [6.07, 6.45) is 3.19. The zero-order valence-corrected chi connectivity index (χ0v) is 17.1. The number of hydrogen-bond acceptors (Lipinski definition) is 3. The molecule has 0 fully saturated rings. The molecule has 5 nitrogen and oxygen atoms in total. The normalized spacial score (nSPS) is 10.9. The Kier molecular flexibility index (Phi) is 5.44. The maximum absolute atomic E-state index is 13.2. The van der Waals surface area contributed by atoms with E-state index in [1.807, 2.05) is 62.4 Å². The van der Waals surface area contributed by atoms with Crippen LogP contribution in [0.15, 0.2) is 77.9 Å². The van der Waals surface area contributed by atoms with Crippen molar-refractivity contribution < 1.29 is 4.79 Å². The number of aromatic amines is 1. The van der Waals surface area contributed by atoms with Gasteiger partial charge in [0.15, 0.2) is 0 Å². The predicted molar refractivity (Wildman–Crippen MR) is 118 cm³/mol. The first-order chi connectivity index (χ1) is 14.5. The quantitative estimate of drug-likeness (QED) is 0.543. The van der Waals surface area contributed by atoms with Gasteiger partial charge in [0.1, 0.15) is 0 Å². The summed E-state index contributed by atoms with van der Waals surface area (Å²) in [5, 5.41) is 0.944. The second-order valence-electron chi connectivity index (χ2n) is 7.60. The van der Waals surface area contributed by atoms with Crippen LogP contribution in [0.1, 0.15) is 32.6 Å². The topological polar surface area (TPSA) is 66.1 Å². The van der Waals surface area contributed by atoms with Gasteiger partial charge in [-0.1, -0.05) is 42.0 Å². The zero-order valence-electron chi connectivity index (χ0n) is 17.1. The molecule has 2 aromatic carbocycles. The standard InChI is InChI=1S/C25H23N3O2/c1-17-5-8-19(9-6-17)15-28(25(30)21-4-3-11-26-14-21)16-22-13-20-10-7-18(2)12-23(20)27-24(22)29/h3-14H,15-16H2,1-2H3,(H,27,29). The summed E-state index contributed by atoms with van der Waals surface area (Å²) in [6, 6.07) is 19.3. The molecular formula is C25H23N3O2. The van der Waals surface area contributed by atoms with Gasteiger partial charge in [-0.2, -0.15) is 0 Å². The summed E-state index contributed by atoms with van der Waals surface area (Å²) in [5.41, 5.74) is 4.91. The summed E-state index contributed by atoms with van der Waals surface area (Å²) in [5.74, 6) is -0.160. The van der Waals surface area contributed by atoms with E-state index in [-0.39, 0.29) is 18.0 Å². The number of hydrogen-bond donors (Lipinski definition) is 1. The lowest BCUT2D eigenvalue weighted by Gasteiger charge is -2.23. The molecule has 0 atom stereocenters. The SMILES string of the molecule is Cc1ccc(CN(Cc2cc3ccc(C)cc3[nH]c2=O)C(=O)c2cccnc2)cc1. The highest BCUT2D eigenvalue weighted by Crippen LogP contribution is 2.17. The van der Waals surface area contributed by atoms with Crippen LogP contribution in [0.5, 0.6) is 0 Å². The Balaban J connectivity index is 1.70. The van der Waals surface area contributed by atoms with Crippen molar-refractivity contribution in [3.05, 3.63) is 111 Å². The number of amides is 1. The molecule has 0 aliphatic rings. The fourth-order valence-corrected chi connectivity index (χ4v) is 3.47. The second kappa shape index (κ2) is 8.33. The summed E-state index contributed by atoms with van der Waals surface area (Å²) in [4.78, 5) is 34.6. The molecule has 1 amide bonds. The Morgan fingerprint density at radius 1 is 0.967 bits per heavy atom. The minimum absolute atomic E-state index is 0.160. The Bertz CT molecular complexity index is 1250. The van der Waals surface area contributed by atoms with E-state index in [2.05, 4.69) is 9.97 Å². The number of nitrogens with zero attached hydrogens (tertiary/aromatic N) is 2. The van der Waals surface area contributed by atoms with Gasteiger partial charge in [0.2, 0.25) is 0 Å². The van der Waals surface area contributed by atoms with Crippen molar-refractivity contribution in [3.63, 3.8) is 0 Å². The lowest BCUT2D eigenvalue weighted by molar-refractivity contribution is 0.0729. The summed E-state index contributed by atoms with van der Waals surface area (Å²) >= 11 is 0. The molecule has 0 saturated carbocycles. The van der Waals surface area contributed by atoms with E-state index in [1.165, 1.54) is 0 Å². The van der Waals surface area contributed by atoms with Crippen molar-refractivity contribution in [2.75, 3.05) is 0 Å². The van der Waals surface area contributed by atoms with Gasteiger partial charge in [-0.05, 0) is 54.6 Å². The molecule has 0 saturated heterocycles. The van der Waals surface area contributed by atoms with E-state index >= 15 is 0 Å². The third-order valence-electron chi connectivity index (χ3n) is 5.13. The first-order valence-corrected chi connectivity index (χ1v) is 9.87. The average molecular weight is 397 g/mol. The van der Waals surface area contributed by atoms with Crippen molar-refractivity contribution in [2.24, 2.45) is 0 Å². The number of benzene rings is 2. The van der Waals surface area contributed by atoms with Crippen LogP contribution in [0.3, 0.4) is 0 Å². The van der Waals surface area contributed by atoms with Crippen LogP contribution >= 0.6 is 0 Å². The largest absolute Gasteiger partial charge is 0.330 e. The smallest absolute Gasteiger partial charge is 0.256 e. The highest BCUT2D eigenvalue weighted by molar-refractivity contribution is 5.93. The van der Waals surface area contributed by atoms with Gasteiger partial charge in [-0.15, -0.1) is 0 Å². The van der Waals surface area contributed by atoms with Crippen molar-refractivity contribution in [2.45, 2.75) is 26.9 Å². The number of carbonyl (C=O) groups is 1. The molecule has 0 radical (unpaired) electrons. The van der Waals surface area contributed by atoms with Gasteiger partial charge >= 0.3 is 0 Å². The number of fused-ring (bicyclic) bond motifs is 1. The maximum Gasteiger partial charge on any atom is 0.256 e. The molecule has 30 heavy (non-hydrogen) atoms. The minimum Gasteiger partial charge on any atom is -0.330 e. The molecular weight excluding hydrogens is 374 g/mol. The maximum atomic E-state index is 13.2. The number of rotatable bonds is 5. The molecule has 0 bridgehead atoms. The van der Waals surface area contributed by atoms with Crippen molar-refractivity contribution in [1.29, 1.82) is 0 Å². The first kappa shape index (κ1) is 19.6. The van der Waals surface area contributed by atoms with Crippen LogP contribution in [0.2, 0.25) is 0 Å². The van der Waals surface area contributed by atoms with Crippen molar-refractivity contribution >= 4 is 16.8 Å². The average Bonchev–Trinajstić information content (AvgIpc) is 2.75. The van der Waals surface area contributed by atoms with Gasteiger partial charge in [0.05, 0.1) is 12.1 Å². The molecule has 0 aliphatic heterocycles. The molecule has 150 valence electrons. The Morgan fingerprint density at radius 3 is 2.47 bits per heavy atom. The lowest BCUT2D eigenvalue weighted by atomic mass is 10.1. The number of H-pyrrole nitrogens is 1. The number of pyridine rings is 2. The Labute approximate surface area is 175 Å². The van der Waals surface area contributed by atoms with Gasteiger partial charge in [-0.25, -0.2) is 0 Å². The monoisotopic (exact) mass is 397 g/mol. The van der Waals surface area contributed by atoms with Crippen LogP contribution in [0.25, 0.3) is 10.9 Å². The number of aryl methyl sites for hydroxylation is 2. The van der Waals surface area contributed by atoms with Gasteiger partial charge in [0, 0.05) is 30.0 Å². The third-order valence-corrected chi connectivity index (χ3v) is 5.13. The molecule has 2 heterocycles. The van der Waals surface area contributed by atoms with E-state index < -0.39 is 0 Å². The Morgan fingerprint density at radius 2 is 1.73 bits per heavy atom. The number of nitrogens with one attached hydrogen (secondary N) is 1. The molecule has 0 unspecified atom stereocenters. The summed E-state index contributed by atoms with van der Waals surface area (Å²) < 4.78 is 0. The Hall–Kier alpha value is -3.73. The number of carbonyl (C=O) groups excluding carboxylic acids is 1. The fraction of sp³-hybridized carbons (Fsp3) is 0.160. The van der Waals surface area contributed by atoms with Crippen molar-refractivity contribution in [3.8, 4) is 0 Å². The molecule has 1 N–H and O–H groups in total. The summed E-state index contributed by atoms with van der Waals surface area (Å²) in [6.45, 7) is 4.63. The van der Waals surface area contributed by atoms with Crippen LogP contribution in [-0.2, 0) is 13.1 Å². The van der Waals surface area contributed by atoms with E-state index in [1.54, 1.807) is 29.4 Å². The lowest BCUT2D eigenvalue weighted by Crippen LogP contribution is -2.32. The summed E-state index contributed by atoms with van der Waals surface area (Å²) in [7, 11) is 0. The highest BCUT2D eigenvalue weighted by Gasteiger charge is 2.18. The van der Waals surface area contributed by atoms with Gasteiger partial charge < -0.3 is 9.88 Å². The number of aromatic nitrogens is 2. The van der Waals surface area contributed by atoms with Crippen molar-refractivity contribution in [1.82, 2.24) is 14.9 Å². The third kappa shape index (κ3) is 4.30. The zero-order chi connectivity index (χ0) is 21.1. The molecule has 0 spiro atoms. The van der Waals surface area contributed by atoms with E-state index in [9.17, 15) is 9.59 Å². The second-order valence-corrected chi connectivity index (χ2v) is 7.60. The first-order valence-electron chi connectivity index (χ1n) is 9.87.